The molecule has 0 saturated carbocycles. The predicted octanol–water partition coefficient (Wildman–Crippen LogP) is 2.24. The van der Waals surface area contributed by atoms with Crippen molar-refractivity contribution in [3.8, 4) is 0 Å². The van der Waals surface area contributed by atoms with Gasteiger partial charge in [-0.15, -0.1) is 0 Å². The van der Waals surface area contributed by atoms with Crippen molar-refractivity contribution in [2.75, 3.05) is 6.61 Å². The largest absolute Gasteiger partial charge is 0.392 e. The van der Waals surface area contributed by atoms with Gasteiger partial charge in [-0.25, -0.2) is 0 Å². The molecule has 0 aliphatic rings. The SMILES string of the molecule is CC(=O)/C(C)=C/CC/C(C)=C/CO. The Morgan fingerprint density at radius 3 is 2.31 bits per heavy atom. The van der Waals surface area contributed by atoms with Gasteiger partial charge in [0.25, 0.3) is 0 Å². The Kier molecular flexibility index (Phi) is 6.15. The molecule has 0 atom stereocenters. The maximum absolute atomic E-state index is 10.8. The summed E-state index contributed by atoms with van der Waals surface area (Å²) in [7, 11) is 0. The number of Topliss-reactive ketones (excluding diaryl/α,β-unsaturated/α-hetero) is 1. The van der Waals surface area contributed by atoms with Crippen LogP contribution in [0.4, 0.5) is 0 Å². The molecular weight excluding hydrogens is 164 g/mol. The van der Waals surface area contributed by atoms with Gasteiger partial charge in [-0.1, -0.05) is 17.7 Å². The molecule has 0 heterocycles. The number of allylic oxidation sites excluding steroid dienone is 3. The molecule has 0 fully saturated rings. The molecule has 0 spiro atoms. The molecular formula is C11H18O2. The van der Waals surface area contributed by atoms with Crippen LogP contribution >= 0.6 is 0 Å². The number of carbonyl (C=O) groups is 1. The van der Waals surface area contributed by atoms with Gasteiger partial charge in [0.1, 0.15) is 0 Å². The second-order valence-electron chi connectivity index (χ2n) is 3.22. The first-order valence-corrected chi connectivity index (χ1v) is 4.52. The van der Waals surface area contributed by atoms with E-state index in [1.54, 1.807) is 13.0 Å². The van der Waals surface area contributed by atoms with Gasteiger partial charge in [-0.05, 0) is 39.2 Å². The number of rotatable bonds is 5. The molecule has 74 valence electrons. The standard InChI is InChI=1S/C11H18O2/c1-9(7-8-12)5-4-6-10(2)11(3)13/h6-7,12H,4-5,8H2,1-3H3/b9-7+,10-6+. The highest BCUT2D eigenvalue weighted by atomic mass is 16.2. The minimum absolute atomic E-state index is 0.0985. The molecule has 2 nitrogen and oxygen atoms in total. The van der Waals surface area contributed by atoms with Crippen LogP contribution in [0.1, 0.15) is 33.6 Å². The Bertz CT molecular complexity index is 224. The van der Waals surface area contributed by atoms with Crippen molar-refractivity contribution in [2.45, 2.75) is 33.6 Å². The molecule has 0 amide bonds. The number of ketones is 1. The third-order valence-corrected chi connectivity index (χ3v) is 1.98. The lowest BCUT2D eigenvalue weighted by atomic mass is 10.1. The normalized spacial score (nSPS) is 13.2. The monoisotopic (exact) mass is 182 g/mol. The summed E-state index contributed by atoms with van der Waals surface area (Å²) >= 11 is 0. The molecule has 0 unspecified atom stereocenters. The van der Waals surface area contributed by atoms with E-state index in [0.29, 0.717) is 0 Å². The van der Waals surface area contributed by atoms with Crippen LogP contribution in [0.15, 0.2) is 23.3 Å². The molecule has 2 heteroatoms. The second kappa shape index (κ2) is 6.61. The van der Waals surface area contributed by atoms with Crippen molar-refractivity contribution in [2.24, 2.45) is 0 Å². The summed E-state index contributed by atoms with van der Waals surface area (Å²) in [6, 6.07) is 0. The van der Waals surface area contributed by atoms with Crippen molar-refractivity contribution < 1.29 is 9.90 Å². The molecule has 1 N–H and O–H groups in total. The molecule has 13 heavy (non-hydrogen) atoms. The van der Waals surface area contributed by atoms with Crippen molar-refractivity contribution in [3.63, 3.8) is 0 Å². The van der Waals surface area contributed by atoms with Gasteiger partial charge >= 0.3 is 0 Å². The van der Waals surface area contributed by atoms with E-state index in [4.69, 9.17) is 5.11 Å². The Morgan fingerprint density at radius 2 is 1.85 bits per heavy atom. The lowest BCUT2D eigenvalue weighted by molar-refractivity contribution is -0.113. The lowest BCUT2D eigenvalue weighted by Gasteiger charge is -1.97. The van der Waals surface area contributed by atoms with Crippen molar-refractivity contribution in [1.29, 1.82) is 0 Å². The number of aliphatic hydroxyl groups is 1. The highest BCUT2D eigenvalue weighted by Gasteiger charge is 1.94. The van der Waals surface area contributed by atoms with Crippen LogP contribution in [0.5, 0.6) is 0 Å². The molecule has 0 aliphatic heterocycles. The third-order valence-electron chi connectivity index (χ3n) is 1.98. The minimum Gasteiger partial charge on any atom is -0.392 e. The number of hydrogen-bond acceptors (Lipinski definition) is 2. The van der Waals surface area contributed by atoms with E-state index in [9.17, 15) is 4.79 Å². The first-order chi connectivity index (χ1) is 6.07. The molecule has 0 aromatic rings. The molecule has 0 aromatic heterocycles. The zero-order chi connectivity index (χ0) is 10.3. The first-order valence-electron chi connectivity index (χ1n) is 4.52. The maximum Gasteiger partial charge on any atom is 0.155 e. The van der Waals surface area contributed by atoms with Crippen LogP contribution in [-0.4, -0.2) is 17.5 Å². The molecule has 0 rings (SSSR count). The Hall–Kier alpha value is -0.890. The lowest BCUT2D eigenvalue weighted by Crippen LogP contribution is -1.91. The summed E-state index contributed by atoms with van der Waals surface area (Å²) in [4.78, 5) is 10.8. The highest BCUT2D eigenvalue weighted by molar-refractivity contribution is 5.92. The fourth-order valence-corrected chi connectivity index (χ4v) is 0.918. The molecule has 0 bridgehead atoms. The van der Waals surface area contributed by atoms with Crippen LogP contribution < -0.4 is 0 Å². The average Bonchev–Trinajstić information content (AvgIpc) is 2.04. The molecule has 0 aliphatic carbocycles. The van der Waals surface area contributed by atoms with Gasteiger partial charge < -0.3 is 5.11 Å². The van der Waals surface area contributed by atoms with Crippen LogP contribution in [0.3, 0.4) is 0 Å². The number of aliphatic hydroxyl groups excluding tert-OH is 1. The number of carbonyl (C=O) groups excluding carboxylic acids is 1. The van der Waals surface area contributed by atoms with E-state index >= 15 is 0 Å². The summed E-state index contributed by atoms with van der Waals surface area (Å²) in [6.07, 6.45) is 5.51. The Balaban J connectivity index is 3.85. The summed E-state index contributed by atoms with van der Waals surface area (Å²) in [6.45, 7) is 5.48. The van der Waals surface area contributed by atoms with Gasteiger partial charge in [0.2, 0.25) is 0 Å². The van der Waals surface area contributed by atoms with E-state index in [2.05, 4.69) is 0 Å². The van der Waals surface area contributed by atoms with Crippen molar-refractivity contribution >= 4 is 5.78 Å². The molecule has 0 aromatic carbocycles. The summed E-state index contributed by atoms with van der Waals surface area (Å²) in [5.74, 6) is 0.129. The van der Waals surface area contributed by atoms with E-state index in [1.165, 1.54) is 0 Å². The van der Waals surface area contributed by atoms with Gasteiger partial charge in [0.15, 0.2) is 5.78 Å². The Labute approximate surface area is 80.0 Å². The van der Waals surface area contributed by atoms with E-state index in [1.807, 2.05) is 19.9 Å². The maximum atomic E-state index is 10.8. The predicted molar refractivity (Wildman–Crippen MR) is 54.5 cm³/mol. The number of hydrogen-bond donors (Lipinski definition) is 1. The van der Waals surface area contributed by atoms with Crippen molar-refractivity contribution in [1.82, 2.24) is 0 Å². The summed E-state index contributed by atoms with van der Waals surface area (Å²) < 4.78 is 0. The zero-order valence-corrected chi connectivity index (χ0v) is 8.63. The van der Waals surface area contributed by atoms with Gasteiger partial charge in [-0.3, -0.25) is 4.79 Å². The van der Waals surface area contributed by atoms with Gasteiger partial charge in [-0.2, -0.15) is 0 Å². The fourth-order valence-electron chi connectivity index (χ4n) is 0.918. The molecule has 0 radical (unpaired) electrons. The van der Waals surface area contributed by atoms with Crippen LogP contribution in [0, 0.1) is 0 Å². The topological polar surface area (TPSA) is 37.3 Å². The van der Waals surface area contributed by atoms with Crippen molar-refractivity contribution in [3.05, 3.63) is 23.3 Å². The van der Waals surface area contributed by atoms with Crippen LogP contribution in [0.2, 0.25) is 0 Å². The average molecular weight is 182 g/mol. The smallest absolute Gasteiger partial charge is 0.155 e. The van der Waals surface area contributed by atoms with Crippen LogP contribution in [-0.2, 0) is 4.79 Å². The quantitative estimate of drug-likeness (QED) is 0.523. The third kappa shape index (κ3) is 6.29. The Morgan fingerprint density at radius 1 is 1.23 bits per heavy atom. The van der Waals surface area contributed by atoms with E-state index in [0.717, 1.165) is 24.0 Å². The zero-order valence-electron chi connectivity index (χ0n) is 8.63. The van der Waals surface area contributed by atoms with E-state index < -0.39 is 0 Å². The van der Waals surface area contributed by atoms with E-state index in [-0.39, 0.29) is 12.4 Å². The summed E-state index contributed by atoms with van der Waals surface area (Å²) in [5.41, 5.74) is 1.98. The first kappa shape index (κ1) is 12.1. The molecule has 0 saturated heterocycles. The second-order valence-corrected chi connectivity index (χ2v) is 3.22. The fraction of sp³-hybridized carbons (Fsp3) is 0.545. The summed E-state index contributed by atoms with van der Waals surface area (Å²) in [5, 5.41) is 8.59. The van der Waals surface area contributed by atoms with Gasteiger partial charge in [0.05, 0.1) is 6.61 Å². The van der Waals surface area contributed by atoms with Crippen LogP contribution in [0.25, 0.3) is 0 Å². The highest BCUT2D eigenvalue weighted by Crippen LogP contribution is 2.06. The van der Waals surface area contributed by atoms with Gasteiger partial charge in [0, 0.05) is 0 Å². The minimum atomic E-state index is 0.0985.